The standard InChI is InChI=1S/C16H15NO3/c18-15-14(16(19)20)5-2-8-17(15)10-11-6-7-12-3-1-4-13(12)9-11/h2,5-9H,1,3-4,10H2,(H,19,20). The fourth-order valence-corrected chi connectivity index (χ4v) is 2.74. The van der Waals surface area contributed by atoms with Crippen LogP contribution >= 0.6 is 0 Å². The normalized spacial score (nSPS) is 13.2. The van der Waals surface area contributed by atoms with E-state index >= 15 is 0 Å². The van der Waals surface area contributed by atoms with Gasteiger partial charge in [-0.3, -0.25) is 4.79 Å². The van der Waals surface area contributed by atoms with Gasteiger partial charge in [0.1, 0.15) is 5.56 Å². The van der Waals surface area contributed by atoms with Crippen LogP contribution in [-0.4, -0.2) is 15.6 Å². The maximum absolute atomic E-state index is 12.0. The Hall–Kier alpha value is -2.36. The van der Waals surface area contributed by atoms with Crippen LogP contribution in [0.15, 0.2) is 41.3 Å². The smallest absolute Gasteiger partial charge is 0.341 e. The Bertz CT molecular complexity index is 731. The number of benzene rings is 1. The molecule has 1 aliphatic carbocycles. The molecule has 1 heterocycles. The first-order valence-electron chi connectivity index (χ1n) is 6.68. The summed E-state index contributed by atoms with van der Waals surface area (Å²) in [6, 6.07) is 9.19. The Morgan fingerprint density at radius 2 is 2.00 bits per heavy atom. The molecule has 0 saturated carbocycles. The molecule has 4 heteroatoms. The van der Waals surface area contributed by atoms with Crippen LogP contribution in [0.2, 0.25) is 0 Å². The minimum Gasteiger partial charge on any atom is -0.477 e. The number of aromatic carboxylic acids is 1. The predicted octanol–water partition coefficient (Wildman–Crippen LogP) is 2.08. The van der Waals surface area contributed by atoms with Crippen LogP contribution in [0, 0.1) is 0 Å². The first-order chi connectivity index (χ1) is 9.65. The van der Waals surface area contributed by atoms with Gasteiger partial charge in [-0.05, 0) is 48.1 Å². The minimum absolute atomic E-state index is 0.186. The molecular formula is C16H15NO3. The molecule has 2 aromatic rings. The van der Waals surface area contributed by atoms with E-state index in [1.807, 2.05) is 6.07 Å². The predicted molar refractivity (Wildman–Crippen MR) is 75.2 cm³/mol. The number of carbonyl (C=O) groups is 1. The number of aromatic nitrogens is 1. The second-order valence-corrected chi connectivity index (χ2v) is 5.12. The van der Waals surface area contributed by atoms with Crippen molar-refractivity contribution < 1.29 is 9.90 Å². The highest BCUT2D eigenvalue weighted by Crippen LogP contribution is 2.23. The average molecular weight is 269 g/mol. The van der Waals surface area contributed by atoms with E-state index in [1.165, 1.54) is 28.2 Å². The van der Waals surface area contributed by atoms with Crippen molar-refractivity contribution in [1.82, 2.24) is 4.57 Å². The van der Waals surface area contributed by atoms with E-state index in [0.29, 0.717) is 6.54 Å². The van der Waals surface area contributed by atoms with Gasteiger partial charge < -0.3 is 9.67 Å². The third-order valence-corrected chi connectivity index (χ3v) is 3.77. The highest BCUT2D eigenvalue weighted by atomic mass is 16.4. The molecule has 1 N–H and O–H groups in total. The van der Waals surface area contributed by atoms with Gasteiger partial charge in [0.05, 0.1) is 6.54 Å². The van der Waals surface area contributed by atoms with Crippen LogP contribution < -0.4 is 5.56 Å². The van der Waals surface area contributed by atoms with Crippen LogP contribution in [0.25, 0.3) is 0 Å². The molecule has 0 amide bonds. The summed E-state index contributed by atoms with van der Waals surface area (Å²) in [5.41, 5.74) is 3.13. The van der Waals surface area contributed by atoms with E-state index < -0.39 is 11.5 Å². The Morgan fingerprint density at radius 3 is 2.80 bits per heavy atom. The highest BCUT2D eigenvalue weighted by Gasteiger charge is 2.13. The van der Waals surface area contributed by atoms with Crippen molar-refractivity contribution in [2.24, 2.45) is 0 Å². The molecule has 1 aliphatic rings. The first kappa shape index (κ1) is 12.7. The summed E-state index contributed by atoms with van der Waals surface area (Å²) in [5.74, 6) is -1.18. The summed E-state index contributed by atoms with van der Waals surface area (Å²) < 4.78 is 1.44. The quantitative estimate of drug-likeness (QED) is 0.928. The maximum atomic E-state index is 12.0. The van der Waals surface area contributed by atoms with Crippen molar-refractivity contribution in [1.29, 1.82) is 0 Å². The fourth-order valence-electron chi connectivity index (χ4n) is 2.74. The lowest BCUT2D eigenvalue weighted by atomic mass is 10.1. The van der Waals surface area contributed by atoms with Crippen LogP contribution in [0.5, 0.6) is 0 Å². The third-order valence-electron chi connectivity index (χ3n) is 3.77. The van der Waals surface area contributed by atoms with Gasteiger partial charge in [-0.1, -0.05) is 18.2 Å². The van der Waals surface area contributed by atoms with Crippen molar-refractivity contribution in [2.75, 3.05) is 0 Å². The molecule has 0 unspecified atom stereocenters. The summed E-state index contributed by atoms with van der Waals surface area (Å²) in [5, 5.41) is 8.97. The molecular weight excluding hydrogens is 254 g/mol. The molecule has 0 aliphatic heterocycles. The zero-order chi connectivity index (χ0) is 14.1. The van der Waals surface area contributed by atoms with Crippen LogP contribution in [0.4, 0.5) is 0 Å². The Kier molecular flexibility index (Phi) is 3.14. The minimum atomic E-state index is -1.18. The fraction of sp³-hybridized carbons (Fsp3) is 0.250. The zero-order valence-corrected chi connectivity index (χ0v) is 11.0. The van der Waals surface area contributed by atoms with E-state index in [9.17, 15) is 9.59 Å². The van der Waals surface area contributed by atoms with E-state index in [-0.39, 0.29) is 5.56 Å². The van der Waals surface area contributed by atoms with Crippen LogP contribution in [0.1, 0.15) is 33.5 Å². The Labute approximate surface area is 116 Å². The summed E-state index contributed by atoms with van der Waals surface area (Å²) in [4.78, 5) is 23.0. The molecule has 1 aromatic heterocycles. The Morgan fingerprint density at radius 1 is 1.20 bits per heavy atom. The molecule has 0 fully saturated rings. The van der Waals surface area contributed by atoms with E-state index in [1.54, 1.807) is 12.3 Å². The van der Waals surface area contributed by atoms with Gasteiger partial charge in [0.15, 0.2) is 0 Å². The largest absolute Gasteiger partial charge is 0.477 e. The number of pyridine rings is 1. The average Bonchev–Trinajstić information content (AvgIpc) is 2.88. The number of fused-ring (bicyclic) bond motifs is 1. The van der Waals surface area contributed by atoms with Gasteiger partial charge >= 0.3 is 5.97 Å². The summed E-state index contributed by atoms with van der Waals surface area (Å²) in [7, 11) is 0. The van der Waals surface area contributed by atoms with Crippen LogP contribution in [0.3, 0.4) is 0 Å². The number of aryl methyl sites for hydroxylation is 2. The third kappa shape index (κ3) is 2.25. The second kappa shape index (κ2) is 4.96. The lowest BCUT2D eigenvalue weighted by Crippen LogP contribution is -2.26. The van der Waals surface area contributed by atoms with Gasteiger partial charge in [0.2, 0.25) is 0 Å². The molecule has 0 spiro atoms. The van der Waals surface area contributed by atoms with Crippen LogP contribution in [-0.2, 0) is 19.4 Å². The lowest BCUT2D eigenvalue weighted by Gasteiger charge is -2.08. The molecule has 102 valence electrons. The van der Waals surface area contributed by atoms with Gasteiger partial charge in [0, 0.05) is 6.20 Å². The van der Waals surface area contributed by atoms with Gasteiger partial charge in [-0.2, -0.15) is 0 Å². The zero-order valence-electron chi connectivity index (χ0n) is 11.0. The molecule has 0 radical (unpaired) electrons. The van der Waals surface area contributed by atoms with Gasteiger partial charge in [-0.15, -0.1) is 0 Å². The molecule has 0 atom stereocenters. The van der Waals surface area contributed by atoms with Gasteiger partial charge in [0.25, 0.3) is 5.56 Å². The summed E-state index contributed by atoms with van der Waals surface area (Å²) >= 11 is 0. The monoisotopic (exact) mass is 269 g/mol. The number of hydrogen-bond acceptors (Lipinski definition) is 2. The van der Waals surface area contributed by atoms with Crippen molar-refractivity contribution >= 4 is 5.97 Å². The van der Waals surface area contributed by atoms with Crippen molar-refractivity contribution in [3.8, 4) is 0 Å². The van der Waals surface area contributed by atoms with Gasteiger partial charge in [-0.25, -0.2) is 4.79 Å². The lowest BCUT2D eigenvalue weighted by molar-refractivity contribution is 0.0694. The number of carboxylic acids is 1. The molecule has 0 saturated heterocycles. The summed E-state index contributed by atoms with van der Waals surface area (Å²) in [6.45, 7) is 0.410. The molecule has 0 bridgehead atoms. The molecule has 4 nitrogen and oxygen atoms in total. The van der Waals surface area contributed by atoms with E-state index in [4.69, 9.17) is 5.11 Å². The van der Waals surface area contributed by atoms with Crippen molar-refractivity contribution in [3.05, 3.63) is 69.1 Å². The van der Waals surface area contributed by atoms with Crippen molar-refractivity contribution in [3.63, 3.8) is 0 Å². The maximum Gasteiger partial charge on any atom is 0.341 e. The first-order valence-corrected chi connectivity index (χ1v) is 6.68. The molecule has 1 aromatic carbocycles. The number of carboxylic acid groups (broad SMARTS) is 1. The SMILES string of the molecule is O=C(O)c1cccn(Cc2ccc3c(c2)CCC3)c1=O. The molecule has 3 rings (SSSR count). The Balaban J connectivity index is 1.94. The number of rotatable bonds is 3. The topological polar surface area (TPSA) is 59.3 Å². The van der Waals surface area contributed by atoms with E-state index in [2.05, 4.69) is 12.1 Å². The summed E-state index contributed by atoms with van der Waals surface area (Å²) in [6.07, 6.45) is 5.03. The highest BCUT2D eigenvalue weighted by molar-refractivity contribution is 5.86. The second-order valence-electron chi connectivity index (χ2n) is 5.12. The number of nitrogens with zero attached hydrogens (tertiary/aromatic N) is 1. The molecule has 20 heavy (non-hydrogen) atoms. The van der Waals surface area contributed by atoms with Crippen molar-refractivity contribution in [2.45, 2.75) is 25.8 Å². The van der Waals surface area contributed by atoms with E-state index in [0.717, 1.165) is 18.4 Å². The number of hydrogen-bond donors (Lipinski definition) is 1.